The molecule has 2 N–H and O–H groups in total. The molecule has 3 heterocycles. The van der Waals surface area contributed by atoms with Crippen LogP contribution in [0.15, 0.2) is 33.7 Å². The van der Waals surface area contributed by atoms with Gasteiger partial charge in [0.25, 0.3) is 11.8 Å². The van der Waals surface area contributed by atoms with Gasteiger partial charge in [-0.15, -0.1) is 11.8 Å². The van der Waals surface area contributed by atoms with Gasteiger partial charge in [-0.3, -0.25) is 14.4 Å². The number of aryl methyl sites for hydroxylation is 1. The van der Waals surface area contributed by atoms with Crippen molar-refractivity contribution in [2.75, 3.05) is 17.6 Å². The van der Waals surface area contributed by atoms with Gasteiger partial charge in [0, 0.05) is 29.1 Å². The van der Waals surface area contributed by atoms with Gasteiger partial charge in [0.05, 0.1) is 23.2 Å². The first-order valence-corrected chi connectivity index (χ1v) is 10.0. The zero-order valence-corrected chi connectivity index (χ0v) is 16.3. The number of thioether (sulfide) groups is 1. The molecule has 8 nitrogen and oxygen atoms in total. The van der Waals surface area contributed by atoms with E-state index < -0.39 is 0 Å². The number of benzene rings is 1. The Balaban J connectivity index is 1.42. The Kier molecular flexibility index (Phi) is 4.84. The van der Waals surface area contributed by atoms with E-state index in [1.807, 2.05) is 6.92 Å². The third kappa shape index (κ3) is 3.49. The molecule has 146 valence electrons. The number of nitrogens with zero attached hydrogens (tertiary/aromatic N) is 2. The van der Waals surface area contributed by atoms with E-state index in [1.54, 1.807) is 36.1 Å². The van der Waals surface area contributed by atoms with Crippen LogP contribution in [-0.4, -0.2) is 52.2 Å². The quantitative estimate of drug-likeness (QED) is 0.817. The van der Waals surface area contributed by atoms with Crippen molar-refractivity contribution in [1.29, 1.82) is 0 Å². The lowest BCUT2D eigenvalue weighted by atomic mass is 10.1. The molecule has 0 aliphatic carbocycles. The molecule has 1 aromatic heterocycles. The van der Waals surface area contributed by atoms with Crippen LogP contribution in [-0.2, 0) is 4.79 Å². The van der Waals surface area contributed by atoms with Crippen molar-refractivity contribution in [1.82, 2.24) is 15.4 Å². The van der Waals surface area contributed by atoms with Crippen LogP contribution in [0.4, 0.5) is 5.69 Å². The third-order valence-corrected chi connectivity index (χ3v) is 6.10. The fourth-order valence-corrected chi connectivity index (χ4v) is 4.34. The van der Waals surface area contributed by atoms with Gasteiger partial charge in [0.15, 0.2) is 0 Å². The molecule has 4 rings (SSSR count). The number of nitrogens with one attached hydrogen (secondary N) is 2. The maximum atomic E-state index is 12.7. The average Bonchev–Trinajstić information content (AvgIpc) is 3.27. The zero-order chi connectivity index (χ0) is 19.8. The first-order valence-electron chi connectivity index (χ1n) is 9.04. The first-order chi connectivity index (χ1) is 13.4. The molecule has 1 fully saturated rings. The molecule has 0 radical (unpaired) electrons. The maximum absolute atomic E-state index is 12.7. The molecular weight excluding hydrogens is 380 g/mol. The summed E-state index contributed by atoms with van der Waals surface area (Å²) in [6, 6.07) is 6.53. The van der Waals surface area contributed by atoms with Gasteiger partial charge in [-0.05, 0) is 38.5 Å². The normalized spacial score (nSPS) is 21.2. The minimum Gasteiger partial charge on any atom is -0.351 e. The van der Waals surface area contributed by atoms with Crippen LogP contribution in [0.25, 0.3) is 0 Å². The molecule has 2 aliphatic heterocycles. The van der Waals surface area contributed by atoms with Gasteiger partial charge in [-0.25, -0.2) is 0 Å². The van der Waals surface area contributed by atoms with E-state index in [-0.39, 0.29) is 35.6 Å². The van der Waals surface area contributed by atoms with Gasteiger partial charge >= 0.3 is 0 Å². The Morgan fingerprint density at radius 2 is 2.18 bits per heavy atom. The molecule has 0 unspecified atom stereocenters. The molecule has 1 saturated heterocycles. The van der Waals surface area contributed by atoms with E-state index >= 15 is 0 Å². The second-order valence-corrected chi connectivity index (χ2v) is 8.01. The highest BCUT2D eigenvalue weighted by atomic mass is 32.2. The van der Waals surface area contributed by atoms with Gasteiger partial charge in [-0.2, -0.15) is 0 Å². The van der Waals surface area contributed by atoms with Crippen molar-refractivity contribution in [3.05, 3.63) is 41.3 Å². The summed E-state index contributed by atoms with van der Waals surface area (Å²) in [7, 11) is 0. The van der Waals surface area contributed by atoms with Gasteiger partial charge in [0.1, 0.15) is 0 Å². The summed E-state index contributed by atoms with van der Waals surface area (Å²) in [5, 5.41) is 9.58. The average molecular weight is 400 g/mol. The third-order valence-electron chi connectivity index (χ3n) is 5.05. The van der Waals surface area contributed by atoms with Crippen molar-refractivity contribution in [2.45, 2.75) is 37.2 Å². The Hall–Kier alpha value is -2.81. The predicted octanol–water partition coefficient (Wildman–Crippen LogP) is 2.06. The summed E-state index contributed by atoms with van der Waals surface area (Å²) >= 11 is 1.41. The molecule has 0 spiro atoms. The van der Waals surface area contributed by atoms with E-state index in [0.29, 0.717) is 30.0 Å². The highest BCUT2D eigenvalue weighted by molar-refractivity contribution is 8.00. The second-order valence-electron chi connectivity index (χ2n) is 6.99. The molecule has 2 aliphatic rings. The van der Waals surface area contributed by atoms with E-state index in [1.165, 1.54) is 11.8 Å². The number of rotatable bonds is 3. The van der Waals surface area contributed by atoms with Crippen molar-refractivity contribution < 1.29 is 18.9 Å². The molecule has 0 bridgehead atoms. The van der Waals surface area contributed by atoms with E-state index in [4.69, 9.17) is 4.52 Å². The fraction of sp³-hybridized carbons (Fsp3) is 0.368. The maximum Gasteiger partial charge on any atom is 0.292 e. The molecule has 2 atom stereocenters. The van der Waals surface area contributed by atoms with Gasteiger partial charge in [0.2, 0.25) is 11.7 Å². The highest BCUT2D eigenvalue weighted by Crippen LogP contribution is 2.32. The Morgan fingerprint density at radius 1 is 1.36 bits per heavy atom. The molecule has 1 aromatic carbocycles. The molecular formula is C19H20N4O4S. The lowest BCUT2D eigenvalue weighted by Gasteiger charge is -2.24. The van der Waals surface area contributed by atoms with Crippen molar-refractivity contribution in [2.24, 2.45) is 0 Å². The summed E-state index contributed by atoms with van der Waals surface area (Å²) in [6.45, 7) is 4.22. The smallest absolute Gasteiger partial charge is 0.292 e. The zero-order valence-electron chi connectivity index (χ0n) is 15.5. The van der Waals surface area contributed by atoms with Crippen molar-refractivity contribution in [3.63, 3.8) is 0 Å². The highest BCUT2D eigenvalue weighted by Gasteiger charge is 2.36. The SMILES string of the molecule is Cc1cc(C(=O)N2CC[C@H](NC(=O)c3ccc4c(c3)SCC(=O)N4)[C@H]2C)on1. The number of fused-ring (bicyclic) bond motifs is 1. The van der Waals surface area contributed by atoms with Crippen LogP contribution in [0.5, 0.6) is 0 Å². The van der Waals surface area contributed by atoms with E-state index in [2.05, 4.69) is 15.8 Å². The van der Waals surface area contributed by atoms with Crippen LogP contribution in [0, 0.1) is 6.92 Å². The number of anilines is 1. The van der Waals surface area contributed by atoms with Crippen LogP contribution in [0.2, 0.25) is 0 Å². The number of hydrogen-bond acceptors (Lipinski definition) is 6. The lowest BCUT2D eigenvalue weighted by Crippen LogP contribution is -2.45. The Bertz CT molecular complexity index is 957. The van der Waals surface area contributed by atoms with Gasteiger partial charge < -0.3 is 20.1 Å². The topological polar surface area (TPSA) is 105 Å². The molecule has 28 heavy (non-hydrogen) atoms. The Morgan fingerprint density at radius 3 is 2.93 bits per heavy atom. The number of amides is 3. The standard InChI is InChI=1S/C19H20N4O4S/c1-10-7-15(27-22-10)19(26)23-6-5-13(11(23)2)21-18(25)12-3-4-14-16(8-12)28-9-17(24)20-14/h3-4,7-8,11,13H,5-6,9H2,1-2H3,(H,20,24)(H,21,25)/t11-,13+/m1/s1. The number of carbonyl (C=O) groups excluding carboxylic acids is 3. The lowest BCUT2D eigenvalue weighted by molar-refractivity contribution is -0.113. The first kappa shape index (κ1) is 18.5. The van der Waals surface area contributed by atoms with Crippen LogP contribution >= 0.6 is 11.8 Å². The van der Waals surface area contributed by atoms with E-state index in [0.717, 1.165) is 10.6 Å². The molecule has 0 saturated carbocycles. The number of hydrogen-bond donors (Lipinski definition) is 2. The second kappa shape index (κ2) is 7.31. The summed E-state index contributed by atoms with van der Waals surface area (Å²) in [6.07, 6.45) is 0.668. The predicted molar refractivity (Wildman–Crippen MR) is 103 cm³/mol. The van der Waals surface area contributed by atoms with Crippen LogP contribution in [0.3, 0.4) is 0 Å². The van der Waals surface area contributed by atoms with Crippen molar-refractivity contribution >= 4 is 35.2 Å². The van der Waals surface area contributed by atoms with Gasteiger partial charge in [-0.1, -0.05) is 5.16 Å². The van der Waals surface area contributed by atoms with Crippen LogP contribution < -0.4 is 10.6 Å². The summed E-state index contributed by atoms with van der Waals surface area (Å²) < 4.78 is 5.07. The molecule has 9 heteroatoms. The summed E-state index contributed by atoms with van der Waals surface area (Å²) in [4.78, 5) is 39.3. The fourth-order valence-electron chi connectivity index (χ4n) is 3.49. The molecule has 3 amide bonds. The largest absolute Gasteiger partial charge is 0.351 e. The number of carbonyl (C=O) groups is 3. The number of likely N-dealkylation sites (tertiary alicyclic amines) is 1. The molecule has 2 aromatic rings. The van der Waals surface area contributed by atoms with Crippen molar-refractivity contribution in [3.8, 4) is 0 Å². The van der Waals surface area contributed by atoms with E-state index in [9.17, 15) is 14.4 Å². The monoisotopic (exact) mass is 400 g/mol. The summed E-state index contributed by atoms with van der Waals surface area (Å²) in [5.74, 6) is 0.106. The Labute approximate surface area is 166 Å². The van der Waals surface area contributed by atoms with Crippen LogP contribution in [0.1, 0.15) is 40.0 Å². The summed E-state index contributed by atoms with van der Waals surface area (Å²) in [5.41, 5.74) is 1.91. The minimum atomic E-state index is -0.217. The minimum absolute atomic E-state index is 0.0406. The number of aromatic nitrogens is 1.